The fourth-order valence-electron chi connectivity index (χ4n) is 4.51. The maximum absolute atomic E-state index is 6.53. The number of aromatic amines is 1. The van der Waals surface area contributed by atoms with Crippen molar-refractivity contribution in [2.45, 2.75) is 38.6 Å². The highest BCUT2D eigenvalue weighted by Gasteiger charge is 2.47. The van der Waals surface area contributed by atoms with E-state index in [9.17, 15) is 0 Å². The monoisotopic (exact) mass is 352 g/mol. The second-order valence-corrected chi connectivity index (χ2v) is 7.72. The van der Waals surface area contributed by atoms with Crippen LogP contribution in [0.5, 0.6) is 0 Å². The molecule has 1 saturated carbocycles. The Morgan fingerprint density at radius 2 is 2.19 bits per heavy atom. The number of nitrogens with zero attached hydrogens (tertiary/aromatic N) is 5. The highest BCUT2D eigenvalue weighted by Crippen LogP contribution is 2.45. The largest absolute Gasteiger partial charge is 0.337 e. The molecule has 1 atom stereocenters. The van der Waals surface area contributed by atoms with Gasteiger partial charge in [-0.25, -0.2) is 4.52 Å². The fraction of sp³-hybridized carbons (Fsp3) is 0.500. The van der Waals surface area contributed by atoms with E-state index in [4.69, 9.17) is 15.8 Å². The molecule has 2 aliphatic rings. The van der Waals surface area contributed by atoms with Gasteiger partial charge in [-0.15, -0.1) is 5.10 Å². The van der Waals surface area contributed by atoms with E-state index in [1.54, 1.807) is 0 Å². The Bertz CT molecular complexity index is 936. The lowest BCUT2D eigenvalue weighted by Crippen LogP contribution is -2.38. The van der Waals surface area contributed by atoms with Crippen LogP contribution in [0.15, 0.2) is 24.4 Å². The number of hydrogen-bond donors (Lipinski definition) is 3. The minimum absolute atomic E-state index is 0.194. The summed E-state index contributed by atoms with van der Waals surface area (Å²) in [5.74, 6) is 2.23. The van der Waals surface area contributed by atoms with Gasteiger partial charge in [-0.05, 0) is 31.9 Å². The maximum Gasteiger partial charge on any atom is 0.245 e. The van der Waals surface area contributed by atoms with E-state index in [1.807, 2.05) is 35.8 Å². The van der Waals surface area contributed by atoms with Crippen LogP contribution in [0.3, 0.4) is 0 Å². The van der Waals surface area contributed by atoms with E-state index in [0.717, 1.165) is 41.9 Å². The summed E-state index contributed by atoms with van der Waals surface area (Å²) in [7, 11) is 0. The molecule has 1 unspecified atom stereocenters. The van der Waals surface area contributed by atoms with Gasteiger partial charge in [0, 0.05) is 42.5 Å². The smallest absolute Gasteiger partial charge is 0.245 e. The first-order valence-electron chi connectivity index (χ1n) is 9.28. The van der Waals surface area contributed by atoms with Crippen LogP contribution in [0.1, 0.15) is 31.4 Å². The molecule has 0 radical (unpaired) electrons. The first-order valence-corrected chi connectivity index (χ1v) is 9.28. The van der Waals surface area contributed by atoms with E-state index in [0.29, 0.717) is 0 Å². The first-order chi connectivity index (χ1) is 12.6. The van der Waals surface area contributed by atoms with Gasteiger partial charge < -0.3 is 16.0 Å². The number of aromatic nitrogens is 5. The van der Waals surface area contributed by atoms with E-state index >= 15 is 0 Å². The van der Waals surface area contributed by atoms with Gasteiger partial charge in [0.25, 0.3) is 0 Å². The van der Waals surface area contributed by atoms with Gasteiger partial charge in [-0.2, -0.15) is 10.1 Å². The molecule has 3 aromatic heterocycles. The molecule has 1 saturated heterocycles. The number of aryl methyl sites for hydroxylation is 1. The number of anilines is 3. The summed E-state index contributed by atoms with van der Waals surface area (Å²) in [6.45, 7) is 3.73. The summed E-state index contributed by atoms with van der Waals surface area (Å²) in [6, 6.07) is 6.13. The summed E-state index contributed by atoms with van der Waals surface area (Å²) >= 11 is 0. The minimum atomic E-state index is 0.194. The minimum Gasteiger partial charge on any atom is -0.337 e. The Labute approximate surface area is 151 Å². The molecule has 8 heteroatoms. The predicted molar refractivity (Wildman–Crippen MR) is 101 cm³/mol. The Kier molecular flexibility index (Phi) is 3.43. The molecule has 0 amide bonds. The molecule has 8 nitrogen and oxygen atoms in total. The van der Waals surface area contributed by atoms with Crippen LogP contribution in [0, 0.1) is 12.3 Å². The zero-order valence-corrected chi connectivity index (χ0v) is 14.9. The molecule has 5 rings (SSSR count). The fourth-order valence-corrected chi connectivity index (χ4v) is 4.51. The van der Waals surface area contributed by atoms with Crippen LogP contribution >= 0.6 is 0 Å². The van der Waals surface area contributed by atoms with E-state index in [2.05, 4.69) is 20.4 Å². The Hall–Kier alpha value is -2.61. The summed E-state index contributed by atoms with van der Waals surface area (Å²) < 4.78 is 1.87. The third kappa shape index (κ3) is 2.44. The number of H-pyrrole nitrogens is 1. The molecule has 4 heterocycles. The topological polar surface area (TPSA) is 100 Å². The Balaban J connectivity index is 1.50. The zero-order valence-electron chi connectivity index (χ0n) is 14.9. The normalized spacial score (nSPS) is 21.9. The SMILES string of the molecule is Cc1cc(Nc2nc(N3CC(N)C4(CCCC4)C3)nn3cccc23)n[nH]1. The summed E-state index contributed by atoms with van der Waals surface area (Å²) in [6.07, 6.45) is 6.94. The van der Waals surface area contributed by atoms with Crippen LogP contribution in [-0.2, 0) is 0 Å². The number of hydrogen-bond acceptors (Lipinski definition) is 6. The molecule has 1 aliphatic carbocycles. The quantitative estimate of drug-likeness (QED) is 0.668. The van der Waals surface area contributed by atoms with Crippen LogP contribution in [0.25, 0.3) is 5.52 Å². The highest BCUT2D eigenvalue weighted by atomic mass is 15.4. The van der Waals surface area contributed by atoms with Crippen LogP contribution in [-0.4, -0.2) is 43.9 Å². The zero-order chi connectivity index (χ0) is 17.7. The average Bonchev–Trinajstić information content (AvgIpc) is 3.38. The van der Waals surface area contributed by atoms with Crippen LogP contribution in [0.2, 0.25) is 0 Å². The van der Waals surface area contributed by atoms with Gasteiger partial charge in [0.2, 0.25) is 5.95 Å². The standard InChI is InChI=1S/C18H24N8/c1-12-9-15(23-22-12)20-16-13-5-4-8-26(13)24-17(21-16)25-10-14(19)18(11-25)6-2-3-7-18/h4-5,8-9,14H,2-3,6-7,10-11,19H2,1H3,(H2,20,21,22,23,24). The molecule has 1 spiro atoms. The van der Waals surface area contributed by atoms with E-state index in [1.165, 1.54) is 25.7 Å². The maximum atomic E-state index is 6.53. The van der Waals surface area contributed by atoms with Gasteiger partial charge in [-0.3, -0.25) is 5.10 Å². The third-order valence-corrected chi connectivity index (χ3v) is 5.92. The summed E-state index contributed by atoms with van der Waals surface area (Å²) in [5.41, 5.74) is 8.69. The summed E-state index contributed by atoms with van der Waals surface area (Å²) in [4.78, 5) is 7.07. The first kappa shape index (κ1) is 15.6. The molecule has 2 fully saturated rings. The average molecular weight is 352 g/mol. The van der Waals surface area contributed by atoms with Crippen molar-refractivity contribution in [1.82, 2.24) is 24.8 Å². The molecule has 26 heavy (non-hydrogen) atoms. The lowest BCUT2D eigenvalue weighted by Gasteiger charge is -2.26. The van der Waals surface area contributed by atoms with Gasteiger partial charge in [-0.1, -0.05) is 12.8 Å². The predicted octanol–water partition coefficient (Wildman–Crippen LogP) is 2.21. The molecule has 0 bridgehead atoms. The van der Waals surface area contributed by atoms with E-state index < -0.39 is 0 Å². The highest BCUT2D eigenvalue weighted by molar-refractivity contribution is 5.73. The van der Waals surface area contributed by atoms with Crippen molar-refractivity contribution in [3.05, 3.63) is 30.1 Å². The molecule has 3 aromatic rings. The second kappa shape index (κ2) is 5.70. The number of nitrogens with one attached hydrogen (secondary N) is 2. The molecule has 1 aliphatic heterocycles. The number of rotatable bonds is 3. The number of fused-ring (bicyclic) bond motifs is 1. The van der Waals surface area contributed by atoms with Gasteiger partial charge >= 0.3 is 0 Å². The Morgan fingerprint density at radius 1 is 1.35 bits per heavy atom. The lowest BCUT2D eigenvalue weighted by molar-refractivity contribution is 0.298. The molecule has 4 N–H and O–H groups in total. The van der Waals surface area contributed by atoms with Gasteiger partial charge in [0.1, 0.15) is 5.52 Å². The molecule has 136 valence electrons. The van der Waals surface area contributed by atoms with Gasteiger partial charge in [0.15, 0.2) is 11.6 Å². The van der Waals surface area contributed by atoms with Crippen molar-refractivity contribution in [1.29, 1.82) is 0 Å². The molecular formula is C18H24N8. The van der Waals surface area contributed by atoms with Gasteiger partial charge in [0.05, 0.1) is 0 Å². The number of nitrogens with two attached hydrogens (primary N) is 1. The van der Waals surface area contributed by atoms with Crippen molar-refractivity contribution in [2.24, 2.45) is 11.1 Å². The van der Waals surface area contributed by atoms with Crippen molar-refractivity contribution < 1.29 is 0 Å². The Morgan fingerprint density at radius 3 is 2.96 bits per heavy atom. The third-order valence-electron chi connectivity index (χ3n) is 5.92. The van der Waals surface area contributed by atoms with E-state index in [-0.39, 0.29) is 11.5 Å². The summed E-state index contributed by atoms with van der Waals surface area (Å²) in [5, 5.41) is 15.2. The van der Waals surface area contributed by atoms with Crippen molar-refractivity contribution >= 4 is 23.1 Å². The molecule has 0 aromatic carbocycles. The lowest BCUT2D eigenvalue weighted by atomic mass is 9.82. The molecular weight excluding hydrogens is 328 g/mol. The van der Waals surface area contributed by atoms with Crippen LogP contribution in [0.4, 0.5) is 17.6 Å². The van der Waals surface area contributed by atoms with Crippen molar-refractivity contribution in [3.63, 3.8) is 0 Å². The second-order valence-electron chi connectivity index (χ2n) is 7.72. The van der Waals surface area contributed by atoms with Crippen molar-refractivity contribution in [3.8, 4) is 0 Å². The van der Waals surface area contributed by atoms with Crippen molar-refractivity contribution in [2.75, 3.05) is 23.3 Å². The van der Waals surface area contributed by atoms with Crippen LogP contribution < -0.4 is 16.0 Å².